The molecule has 2 rings (SSSR count). The standard InChI is InChI=1S/C18H24N2O3/c19-18(23)17(22)16(12-11-14-7-3-1-4-8-14)20(13-21)15-9-5-2-6-10-15/h1,3-4,7-8,13,15-16H,2,5-6,9-12H2,(H2,19,23). The second-order valence-corrected chi connectivity index (χ2v) is 6.11. The highest BCUT2D eigenvalue weighted by atomic mass is 16.2. The number of primary amides is 1. The third-order valence-corrected chi connectivity index (χ3v) is 4.57. The molecular weight excluding hydrogens is 292 g/mol. The number of nitrogens with zero attached hydrogens (tertiary/aromatic N) is 1. The molecule has 0 aromatic heterocycles. The number of hydrogen-bond acceptors (Lipinski definition) is 3. The van der Waals surface area contributed by atoms with Crippen LogP contribution in [-0.4, -0.2) is 35.1 Å². The van der Waals surface area contributed by atoms with Crippen LogP contribution < -0.4 is 5.73 Å². The van der Waals surface area contributed by atoms with E-state index in [0.29, 0.717) is 19.3 Å². The van der Waals surface area contributed by atoms with Crippen molar-refractivity contribution in [2.45, 2.75) is 57.0 Å². The second kappa shape index (κ2) is 8.46. The summed E-state index contributed by atoms with van der Waals surface area (Å²) in [5, 5.41) is 0. The summed E-state index contributed by atoms with van der Waals surface area (Å²) in [4.78, 5) is 36.8. The fourth-order valence-electron chi connectivity index (χ4n) is 3.32. The fraction of sp³-hybridized carbons (Fsp3) is 0.500. The van der Waals surface area contributed by atoms with Gasteiger partial charge in [-0.15, -0.1) is 0 Å². The Hall–Kier alpha value is -2.17. The van der Waals surface area contributed by atoms with Crippen LogP contribution >= 0.6 is 0 Å². The topological polar surface area (TPSA) is 80.5 Å². The molecule has 1 atom stereocenters. The Morgan fingerprint density at radius 3 is 2.39 bits per heavy atom. The van der Waals surface area contributed by atoms with Crippen LogP contribution in [0.4, 0.5) is 0 Å². The molecule has 124 valence electrons. The van der Waals surface area contributed by atoms with Gasteiger partial charge in [0.15, 0.2) is 0 Å². The molecule has 1 aliphatic rings. The van der Waals surface area contributed by atoms with Crippen molar-refractivity contribution in [1.29, 1.82) is 0 Å². The predicted molar refractivity (Wildman–Crippen MR) is 87.5 cm³/mol. The van der Waals surface area contributed by atoms with Crippen LogP contribution in [-0.2, 0) is 20.8 Å². The Balaban J connectivity index is 2.12. The molecule has 0 radical (unpaired) electrons. The van der Waals surface area contributed by atoms with Gasteiger partial charge in [-0.1, -0.05) is 49.6 Å². The van der Waals surface area contributed by atoms with E-state index >= 15 is 0 Å². The zero-order valence-corrected chi connectivity index (χ0v) is 13.3. The van der Waals surface area contributed by atoms with E-state index < -0.39 is 17.7 Å². The van der Waals surface area contributed by atoms with E-state index in [2.05, 4.69) is 0 Å². The normalized spacial score (nSPS) is 16.5. The number of benzene rings is 1. The summed E-state index contributed by atoms with van der Waals surface area (Å²) in [6, 6.07) is 9.00. The van der Waals surface area contributed by atoms with Gasteiger partial charge < -0.3 is 10.6 Å². The lowest BCUT2D eigenvalue weighted by Gasteiger charge is -2.36. The first kappa shape index (κ1) is 17.2. The molecule has 0 saturated heterocycles. The molecule has 1 saturated carbocycles. The number of rotatable bonds is 8. The van der Waals surface area contributed by atoms with E-state index in [1.165, 1.54) is 4.90 Å². The van der Waals surface area contributed by atoms with Crippen LogP contribution in [0, 0.1) is 0 Å². The minimum atomic E-state index is -0.967. The van der Waals surface area contributed by atoms with Gasteiger partial charge in [0, 0.05) is 6.04 Å². The molecule has 23 heavy (non-hydrogen) atoms. The molecule has 1 aliphatic carbocycles. The van der Waals surface area contributed by atoms with Crippen LogP contribution in [0.15, 0.2) is 30.3 Å². The third-order valence-electron chi connectivity index (χ3n) is 4.57. The number of nitrogens with two attached hydrogens (primary N) is 1. The number of Topliss-reactive ketones (excluding diaryl/α,β-unsaturated/α-hetero) is 1. The highest BCUT2D eigenvalue weighted by Crippen LogP contribution is 2.25. The second-order valence-electron chi connectivity index (χ2n) is 6.11. The van der Waals surface area contributed by atoms with Crippen LogP contribution in [0.25, 0.3) is 0 Å². The monoisotopic (exact) mass is 316 g/mol. The number of hydrogen-bond donors (Lipinski definition) is 1. The van der Waals surface area contributed by atoms with Crippen molar-refractivity contribution >= 4 is 18.1 Å². The van der Waals surface area contributed by atoms with Crippen molar-refractivity contribution in [2.24, 2.45) is 5.73 Å². The van der Waals surface area contributed by atoms with Crippen molar-refractivity contribution in [1.82, 2.24) is 4.90 Å². The molecule has 1 fully saturated rings. The minimum absolute atomic E-state index is 0.0327. The fourth-order valence-corrected chi connectivity index (χ4v) is 3.32. The number of carbonyl (C=O) groups is 3. The largest absolute Gasteiger partial charge is 0.363 e. The van der Waals surface area contributed by atoms with Gasteiger partial charge in [-0.25, -0.2) is 0 Å². The summed E-state index contributed by atoms with van der Waals surface area (Å²) in [5.41, 5.74) is 6.27. The van der Waals surface area contributed by atoms with Crippen LogP contribution in [0.3, 0.4) is 0 Å². The van der Waals surface area contributed by atoms with Crippen molar-refractivity contribution in [2.75, 3.05) is 0 Å². The lowest BCUT2D eigenvalue weighted by molar-refractivity contribution is -0.142. The highest BCUT2D eigenvalue weighted by molar-refractivity contribution is 6.37. The maximum absolute atomic E-state index is 12.2. The van der Waals surface area contributed by atoms with Crippen molar-refractivity contribution in [3.63, 3.8) is 0 Å². The molecule has 5 nitrogen and oxygen atoms in total. The van der Waals surface area contributed by atoms with Gasteiger partial charge in [-0.3, -0.25) is 14.4 Å². The first-order chi connectivity index (χ1) is 11.1. The Labute approximate surface area is 136 Å². The molecule has 0 bridgehead atoms. The Morgan fingerprint density at radius 2 is 1.83 bits per heavy atom. The summed E-state index contributed by atoms with van der Waals surface area (Å²) in [7, 11) is 0. The van der Waals surface area contributed by atoms with Gasteiger partial charge in [-0.2, -0.15) is 0 Å². The van der Waals surface area contributed by atoms with E-state index in [-0.39, 0.29) is 6.04 Å². The molecule has 1 unspecified atom stereocenters. The molecule has 5 heteroatoms. The zero-order valence-electron chi connectivity index (χ0n) is 13.3. The van der Waals surface area contributed by atoms with Gasteiger partial charge in [0.1, 0.15) is 6.04 Å². The zero-order chi connectivity index (χ0) is 16.7. The molecule has 0 aliphatic heterocycles. The van der Waals surface area contributed by atoms with Gasteiger partial charge in [0.05, 0.1) is 0 Å². The summed E-state index contributed by atoms with van der Waals surface area (Å²) in [6.45, 7) is 0. The van der Waals surface area contributed by atoms with Crippen LogP contribution in [0.1, 0.15) is 44.1 Å². The molecule has 2 N–H and O–H groups in total. The van der Waals surface area contributed by atoms with E-state index in [1.807, 2.05) is 30.3 Å². The average molecular weight is 316 g/mol. The molecular formula is C18H24N2O3. The first-order valence-electron chi connectivity index (χ1n) is 8.23. The first-order valence-corrected chi connectivity index (χ1v) is 8.23. The van der Waals surface area contributed by atoms with Gasteiger partial charge in [-0.05, 0) is 31.2 Å². The third kappa shape index (κ3) is 4.65. The van der Waals surface area contributed by atoms with Crippen molar-refractivity contribution < 1.29 is 14.4 Å². The predicted octanol–water partition coefficient (Wildman–Crippen LogP) is 1.83. The lowest BCUT2D eigenvalue weighted by atomic mass is 9.91. The Morgan fingerprint density at radius 1 is 1.17 bits per heavy atom. The molecule has 1 aromatic rings. The highest BCUT2D eigenvalue weighted by Gasteiger charge is 2.33. The Bertz CT molecular complexity index is 538. The summed E-state index contributed by atoms with van der Waals surface area (Å²) < 4.78 is 0. The summed E-state index contributed by atoms with van der Waals surface area (Å²) >= 11 is 0. The van der Waals surface area contributed by atoms with Crippen LogP contribution in [0.5, 0.6) is 0 Å². The molecule has 1 aromatic carbocycles. The lowest BCUT2D eigenvalue weighted by Crippen LogP contribution is -2.50. The van der Waals surface area contributed by atoms with Gasteiger partial charge in [0.25, 0.3) is 5.91 Å². The van der Waals surface area contributed by atoms with Crippen molar-refractivity contribution in [3.05, 3.63) is 35.9 Å². The van der Waals surface area contributed by atoms with E-state index in [1.54, 1.807) is 0 Å². The van der Waals surface area contributed by atoms with Gasteiger partial charge >= 0.3 is 0 Å². The van der Waals surface area contributed by atoms with Crippen molar-refractivity contribution in [3.8, 4) is 0 Å². The molecule has 0 heterocycles. The van der Waals surface area contributed by atoms with E-state index in [4.69, 9.17) is 5.73 Å². The number of ketones is 1. The average Bonchev–Trinajstić information content (AvgIpc) is 2.59. The number of carbonyl (C=O) groups excluding carboxylic acids is 3. The van der Waals surface area contributed by atoms with Crippen LogP contribution in [0.2, 0.25) is 0 Å². The molecule has 0 spiro atoms. The maximum Gasteiger partial charge on any atom is 0.287 e. The quantitative estimate of drug-likeness (QED) is 0.587. The SMILES string of the molecule is NC(=O)C(=O)C(CCc1ccccc1)N(C=O)C1CCCCC1. The Kier molecular flexibility index (Phi) is 6.32. The summed E-state index contributed by atoms with van der Waals surface area (Å²) in [5.74, 6) is -1.63. The maximum atomic E-state index is 12.2. The number of aryl methyl sites for hydroxylation is 1. The molecule has 2 amide bonds. The van der Waals surface area contributed by atoms with E-state index in [0.717, 1.165) is 37.7 Å². The smallest absolute Gasteiger partial charge is 0.287 e. The number of amides is 2. The van der Waals surface area contributed by atoms with E-state index in [9.17, 15) is 14.4 Å². The summed E-state index contributed by atoms with van der Waals surface area (Å²) in [6.07, 6.45) is 6.77. The van der Waals surface area contributed by atoms with Gasteiger partial charge in [0.2, 0.25) is 12.2 Å². The minimum Gasteiger partial charge on any atom is -0.363 e.